The first-order chi connectivity index (χ1) is 13.8. The van der Waals surface area contributed by atoms with E-state index in [-0.39, 0.29) is 17.2 Å². The largest absolute Gasteiger partial charge is 0.547 e. The van der Waals surface area contributed by atoms with E-state index in [1.807, 2.05) is 0 Å². The number of hydrogen-bond donors (Lipinski definition) is 4. The molecule has 158 valence electrons. The van der Waals surface area contributed by atoms with Crippen molar-refractivity contribution in [2.45, 2.75) is 64.4 Å². The van der Waals surface area contributed by atoms with Gasteiger partial charge in [-0.25, -0.2) is 4.79 Å². The second-order valence-corrected chi connectivity index (χ2v) is 8.63. The first kappa shape index (κ1) is 21.6. The van der Waals surface area contributed by atoms with Gasteiger partial charge in [-0.05, 0) is 55.7 Å². The van der Waals surface area contributed by atoms with Gasteiger partial charge in [0.05, 0.1) is 11.5 Å². The summed E-state index contributed by atoms with van der Waals surface area (Å²) in [6, 6.07) is 5.35. The molecule has 1 aliphatic heterocycles. The Kier molecular flexibility index (Phi) is 7.19. The van der Waals surface area contributed by atoms with E-state index in [1.165, 1.54) is 6.07 Å². The van der Waals surface area contributed by atoms with Crippen molar-refractivity contribution >= 4 is 19.0 Å². The van der Waals surface area contributed by atoms with Crippen LogP contribution < -0.4 is 15.3 Å². The zero-order valence-corrected chi connectivity index (χ0v) is 17.2. The molecule has 3 atom stereocenters. The molecule has 2 unspecified atom stereocenters. The minimum Gasteiger partial charge on any atom is -0.534 e. The number of carbonyl (C=O) groups is 2. The molecule has 1 amide bonds. The molecule has 1 saturated carbocycles. The van der Waals surface area contributed by atoms with Gasteiger partial charge < -0.3 is 25.4 Å². The number of carbonyl (C=O) groups excluding carboxylic acids is 1. The first-order valence-corrected chi connectivity index (χ1v) is 10.6. The molecule has 29 heavy (non-hydrogen) atoms. The van der Waals surface area contributed by atoms with Gasteiger partial charge in [-0.3, -0.25) is 4.79 Å². The van der Waals surface area contributed by atoms with E-state index in [2.05, 4.69) is 24.5 Å². The number of aromatic carboxylic acids is 1. The molecule has 0 bridgehead atoms. The van der Waals surface area contributed by atoms with Crippen molar-refractivity contribution in [1.82, 2.24) is 10.6 Å². The van der Waals surface area contributed by atoms with Gasteiger partial charge in [-0.2, -0.15) is 0 Å². The van der Waals surface area contributed by atoms with Crippen molar-refractivity contribution in [2.75, 3.05) is 6.54 Å². The first-order valence-electron chi connectivity index (χ1n) is 10.6. The van der Waals surface area contributed by atoms with Crippen LogP contribution >= 0.6 is 0 Å². The van der Waals surface area contributed by atoms with Crippen LogP contribution in [0.4, 0.5) is 0 Å². The van der Waals surface area contributed by atoms with Gasteiger partial charge in [0.15, 0.2) is 0 Å². The molecule has 8 heteroatoms. The molecule has 1 heterocycles. The van der Waals surface area contributed by atoms with Crippen LogP contribution in [0.25, 0.3) is 0 Å². The van der Waals surface area contributed by atoms with Crippen molar-refractivity contribution in [3.05, 3.63) is 29.3 Å². The Morgan fingerprint density at radius 1 is 1.28 bits per heavy atom. The molecule has 0 saturated heterocycles. The lowest BCUT2D eigenvalue weighted by molar-refractivity contribution is -0.122. The molecule has 1 aromatic carbocycles. The normalized spacial score (nSPS) is 23.6. The van der Waals surface area contributed by atoms with Gasteiger partial charge in [0.25, 0.3) is 0 Å². The van der Waals surface area contributed by atoms with E-state index in [0.717, 1.165) is 32.2 Å². The zero-order chi connectivity index (χ0) is 21.0. The third-order valence-electron chi connectivity index (χ3n) is 5.93. The molecule has 3 rings (SSSR count). The highest BCUT2D eigenvalue weighted by Crippen LogP contribution is 2.35. The number of amides is 1. The highest BCUT2D eigenvalue weighted by Gasteiger charge is 2.38. The van der Waals surface area contributed by atoms with Gasteiger partial charge in [-0.15, -0.1) is 0 Å². The standard InChI is InChI=1S/C21H31BN2O5/c1-13(2)23-9-8-14-6-7-15(10-14)11-19(25)24-18-12-16-4-3-5-17(21(26)27)20(16)29-22(18)28/h3-5,13-15,18,23,28H,6-12H2,1-2H3,(H,24,25)(H,26,27)/t14?,15?,18-/m0/s1. The summed E-state index contributed by atoms with van der Waals surface area (Å²) in [7, 11) is -1.26. The Morgan fingerprint density at radius 3 is 2.76 bits per heavy atom. The van der Waals surface area contributed by atoms with Gasteiger partial charge in [-0.1, -0.05) is 32.4 Å². The number of fused-ring (bicyclic) bond motifs is 1. The van der Waals surface area contributed by atoms with Crippen LogP contribution in [0.15, 0.2) is 18.2 Å². The fourth-order valence-corrected chi connectivity index (χ4v) is 4.45. The molecule has 1 aromatic rings. The van der Waals surface area contributed by atoms with Gasteiger partial charge in [0, 0.05) is 12.5 Å². The topological polar surface area (TPSA) is 108 Å². The minimum atomic E-state index is -1.26. The molecule has 0 spiro atoms. The summed E-state index contributed by atoms with van der Waals surface area (Å²) in [5.41, 5.74) is 0.703. The lowest BCUT2D eigenvalue weighted by atomic mass is 9.72. The van der Waals surface area contributed by atoms with Crippen LogP contribution in [-0.2, 0) is 11.2 Å². The lowest BCUT2D eigenvalue weighted by Crippen LogP contribution is -2.53. The Hall–Kier alpha value is -2.06. The Labute approximate surface area is 172 Å². The van der Waals surface area contributed by atoms with Crippen LogP contribution in [0.2, 0.25) is 0 Å². The summed E-state index contributed by atoms with van der Waals surface area (Å²) in [5, 5.41) is 25.9. The Morgan fingerprint density at radius 2 is 2.03 bits per heavy atom. The average molecular weight is 402 g/mol. The molecule has 1 aliphatic carbocycles. The predicted molar refractivity (Wildman–Crippen MR) is 111 cm³/mol. The molecule has 2 aliphatic rings. The van der Waals surface area contributed by atoms with Crippen molar-refractivity contribution in [2.24, 2.45) is 11.8 Å². The average Bonchev–Trinajstić information content (AvgIpc) is 3.08. The molecule has 0 aromatic heterocycles. The molecule has 0 radical (unpaired) electrons. The van der Waals surface area contributed by atoms with Crippen LogP contribution in [0.5, 0.6) is 5.75 Å². The summed E-state index contributed by atoms with van der Waals surface area (Å²) in [4.78, 5) is 23.8. The van der Waals surface area contributed by atoms with Gasteiger partial charge >= 0.3 is 13.1 Å². The monoisotopic (exact) mass is 402 g/mol. The molecular formula is C21H31BN2O5. The van der Waals surface area contributed by atoms with Crippen LogP contribution in [0.1, 0.15) is 61.9 Å². The van der Waals surface area contributed by atoms with Crippen molar-refractivity contribution in [3.8, 4) is 5.75 Å². The maximum atomic E-state index is 12.5. The second-order valence-electron chi connectivity index (χ2n) is 8.63. The highest BCUT2D eigenvalue weighted by molar-refractivity contribution is 6.47. The van der Waals surface area contributed by atoms with Crippen molar-refractivity contribution in [1.29, 1.82) is 0 Å². The number of carboxylic acids is 1. The SMILES string of the molecule is CC(C)NCCC1CCC(CC(=O)N[C@H]2Cc3cccc(C(=O)O)c3OB2O)C1. The number of carboxylic acid groups (broad SMARTS) is 1. The zero-order valence-electron chi connectivity index (χ0n) is 17.2. The van der Waals surface area contributed by atoms with Crippen molar-refractivity contribution in [3.63, 3.8) is 0 Å². The predicted octanol–water partition coefficient (Wildman–Crippen LogP) is 2.02. The van der Waals surface area contributed by atoms with Crippen LogP contribution in [-0.4, -0.2) is 47.7 Å². The number of hydrogen-bond acceptors (Lipinski definition) is 5. The lowest BCUT2D eigenvalue weighted by Gasteiger charge is -2.29. The molecule has 1 fully saturated rings. The molecule has 7 nitrogen and oxygen atoms in total. The smallest absolute Gasteiger partial charge is 0.534 e. The highest BCUT2D eigenvalue weighted by atomic mass is 16.5. The fraction of sp³-hybridized carbons (Fsp3) is 0.619. The summed E-state index contributed by atoms with van der Waals surface area (Å²) >= 11 is 0. The van der Waals surface area contributed by atoms with E-state index < -0.39 is 19.0 Å². The summed E-state index contributed by atoms with van der Waals surface area (Å²) in [5.74, 6) is -0.522. The van der Waals surface area contributed by atoms with E-state index in [1.54, 1.807) is 12.1 Å². The number of rotatable bonds is 8. The summed E-state index contributed by atoms with van der Waals surface area (Å²) < 4.78 is 5.44. The molecule has 4 N–H and O–H groups in total. The van der Waals surface area contributed by atoms with Crippen molar-refractivity contribution < 1.29 is 24.4 Å². The number of para-hydroxylation sites is 1. The third kappa shape index (κ3) is 5.73. The minimum absolute atomic E-state index is 0.0234. The second kappa shape index (κ2) is 9.63. The summed E-state index contributed by atoms with van der Waals surface area (Å²) in [6.45, 7) is 5.31. The fourth-order valence-electron chi connectivity index (χ4n) is 4.45. The van der Waals surface area contributed by atoms with E-state index in [0.29, 0.717) is 36.3 Å². The number of benzene rings is 1. The van der Waals surface area contributed by atoms with Gasteiger partial charge in [0.1, 0.15) is 5.75 Å². The Balaban J connectivity index is 1.49. The number of nitrogens with one attached hydrogen (secondary N) is 2. The maximum absolute atomic E-state index is 12.5. The molecular weight excluding hydrogens is 371 g/mol. The quantitative estimate of drug-likeness (QED) is 0.496. The van der Waals surface area contributed by atoms with E-state index in [9.17, 15) is 19.7 Å². The summed E-state index contributed by atoms with van der Waals surface area (Å²) in [6.07, 6.45) is 5.25. The van der Waals surface area contributed by atoms with Crippen LogP contribution in [0.3, 0.4) is 0 Å². The van der Waals surface area contributed by atoms with E-state index in [4.69, 9.17) is 4.65 Å². The van der Waals surface area contributed by atoms with E-state index >= 15 is 0 Å². The maximum Gasteiger partial charge on any atom is 0.547 e. The van der Waals surface area contributed by atoms with Crippen LogP contribution in [0, 0.1) is 11.8 Å². The third-order valence-corrected chi connectivity index (χ3v) is 5.93. The Bertz CT molecular complexity index is 742. The van der Waals surface area contributed by atoms with Gasteiger partial charge in [0.2, 0.25) is 5.91 Å².